The lowest BCUT2D eigenvalue weighted by atomic mass is 9.85. The molecular formula is C8H20BNS. The Morgan fingerprint density at radius 1 is 1.27 bits per heavy atom. The maximum absolute atomic E-state index is 4.50. The third-order valence-electron chi connectivity index (χ3n) is 1.53. The molecule has 0 rings (SSSR count). The first-order valence-electron chi connectivity index (χ1n) is 4.24. The number of rotatable bonds is 4. The van der Waals surface area contributed by atoms with Crippen molar-refractivity contribution in [2.75, 3.05) is 0 Å². The first-order valence-corrected chi connectivity index (χ1v) is 4.69. The zero-order valence-corrected chi connectivity index (χ0v) is 9.26. The Bertz CT molecular complexity index is 118. The van der Waals surface area contributed by atoms with Crippen LogP contribution in [0.5, 0.6) is 0 Å². The van der Waals surface area contributed by atoms with E-state index in [9.17, 15) is 0 Å². The van der Waals surface area contributed by atoms with Gasteiger partial charge in [-0.1, -0.05) is 20.7 Å². The van der Waals surface area contributed by atoms with Gasteiger partial charge in [-0.25, -0.2) is 0 Å². The highest BCUT2D eigenvalue weighted by atomic mass is 32.1. The molecule has 1 N–H and O–H groups in total. The predicted molar refractivity (Wildman–Crippen MR) is 57.9 cm³/mol. The molecule has 0 saturated carbocycles. The zero-order chi connectivity index (χ0) is 9.12. The Kier molecular flexibility index (Phi) is 3.99. The maximum atomic E-state index is 4.50. The van der Waals surface area contributed by atoms with Crippen molar-refractivity contribution in [1.82, 2.24) is 5.23 Å². The molecule has 0 atom stereocenters. The lowest BCUT2D eigenvalue weighted by Gasteiger charge is -2.32. The van der Waals surface area contributed by atoms with Crippen molar-refractivity contribution in [2.24, 2.45) is 0 Å². The highest BCUT2D eigenvalue weighted by molar-refractivity contribution is 7.81. The summed E-state index contributed by atoms with van der Waals surface area (Å²) in [7, 11) is 1.02. The van der Waals surface area contributed by atoms with Crippen LogP contribution in [0.3, 0.4) is 0 Å². The predicted octanol–water partition coefficient (Wildman–Crippen LogP) is 1.85. The minimum absolute atomic E-state index is 0.117. The van der Waals surface area contributed by atoms with Crippen LogP contribution in [0.4, 0.5) is 0 Å². The van der Waals surface area contributed by atoms with Gasteiger partial charge in [0.25, 0.3) is 0 Å². The van der Waals surface area contributed by atoms with Crippen LogP contribution in [0.2, 0.25) is 6.82 Å². The van der Waals surface area contributed by atoms with E-state index in [1.807, 2.05) is 0 Å². The number of nitrogens with one attached hydrogen (secondary N) is 1. The Labute approximate surface area is 77.0 Å². The molecule has 3 heteroatoms. The molecule has 0 aromatic carbocycles. The Morgan fingerprint density at radius 3 is 2.00 bits per heavy atom. The first kappa shape index (κ1) is 11.4. The topological polar surface area (TPSA) is 12.0 Å². The fraction of sp³-hybridized carbons (Fsp3) is 1.00. The molecule has 0 saturated heterocycles. The minimum atomic E-state index is 0.117. The minimum Gasteiger partial charge on any atom is -0.354 e. The van der Waals surface area contributed by atoms with Crippen LogP contribution in [0.1, 0.15) is 34.1 Å². The second kappa shape index (κ2) is 3.86. The highest BCUT2D eigenvalue weighted by Gasteiger charge is 2.24. The Balaban J connectivity index is 3.91. The molecule has 0 amide bonds. The molecular weight excluding hydrogens is 153 g/mol. The van der Waals surface area contributed by atoms with Crippen molar-refractivity contribution in [3.8, 4) is 0 Å². The van der Waals surface area contributed by atoms with E-state index in [0.29, 0.717) is 0 Å². The van der Waals surface area contributed by atoms with Crippen LogP contribution in [0.15, 0.2) is 0 Å². The number of thiol groups is 1. The van der Waals surface area contributed by atoms with Crippen LogP contribution in [-0.2, 0) is 0 Å². The van der Waals surface area contributed by atoms with Gasteiger partial charge in [0.15, 0.2) is 7.41 Å². The van der Waals surface area contributed by atoms with Gasteiger partial charge in [-0.2, -0.15) is 12.6 Å². The van der Waals surface area contributed by atoms with Gasteiger partial charge in [0, 0.05) is 10.3 Å². The molecule has 1 nitrogen and oxygen atoms in total. The summed E-state index contributed by atoms with van der Waals surface area (Å²) in [6, 6.07) is 0. The summed E-state index contributed by atoms with van der Waals surface area (Å²) >= 11 is 4.50. The highest BCUT2D eigenvalue weighted by Crippen LogP contribution is 2.24. The Hall–Kier alpha value is 0.375. The SMILES string of the molecule is CBNC(C)(C)CC(C)(C)S. The van der Waals surface area contributed by atoms with Crippen LogP contribution >= 0.6 is 12.6 Å². The van der Waals surface area contributed by atoms with Crippen LogP contribution < -0.4 is 5.23 Å². The van der Waals surface area contributed by atoms with Gasteiger partial charge >= 0.3 is 0 Å². The second-order valence-electron chi connectivity index (χ2n) is 4.40. The summed E-state index contributed by atoms with van der Waals surface area (Å²) in [6.07, 6.45) is 1.08. The molecule has 0 aliphatic carbocycles. The van der Waals surface area contributed by atoms with E-state index in [-0.39, 0.29) is 10.3 Å². The monoisotopic (exact) mass is 173 g/mol. The number of hydrogen-bond acceptors (Lipinski definition) is 2. The average molecular weight is 173 g/mol. The molecule has 0 bridgehead atoms. The molecule has 0 aromatic rings. The van der Waals surface area contributed by atoms with Crippen molar-refractivity contribution in [1.29, 1.82) is 0 Å². The van der Waals surface area contributed by atoms with E-state index in [4.69, 9.17) is 0 Å². The van der Waals surface area contributed by atoms with Crippen molar-refractivity contribution >= 4 is 20.0 Å². The summed E-state index contributed by atoms with van der Waals surface area (Å²) in [4.78, 5) is 0. The van der Waals surface area contributed by atoms with E-state index in [2.05, 4.69) is 52.4 Å². The van der Waals surface area contributed by atoms with Crippen LogP contribution in [-0.4, -0.2) is 17.7 Å². The normalized spacial score (nSPS) is 13.3. The average Bonchev–Trinajstić information content (AvgIpc) is 1.55. The molecule has 0 fully saturated rings. The summed E-state index contributed by atoms with van der Waals surface area (Å²) in [5.41, 5.74) is 0.208. The smallest absolute Gasteiger partial charge is 0.198 e. The van der Waals surface area contributed by atoms with Gasteiger partial charge in [0.1, 0.15) is 0 Å². The summed E-state index contributed by atoms with van der Waals surface area (Å²) in [5.74, 6) is 0. The summed E-state index contributed by atoms with van der Waals surface area (Å²) in [5, 5.41) is 3.43. The standard InChI is InChI=1S/C8H20BNS/c1-7(2,10-9-5)6-8(3,4)11/h9-11H,6H2,1-5H3. The van der Waals surface area contributed by atoms with Crippen molar-refractivity contribution < 1.29 is 0 Å². The first-order chi connectivity index (χ1) is 4.77. The Morgan fingerprint density at radius 2 is 1.73 bits per heavy atom. The molecule has 0 aliphatic heterocycles. The van der Waals surface area contributed by atoms with Gasteiger partial charge in [0.05, 0.1) is 0 Å². The molecule has 11 heavy (non-hydrogen) atoms. The largest absolute Gasteiger partial charge is 0.354 e. The van der Waals surface area contributed by atoms with Gasteiger partial charge in [-0.15, -0.1) is 0 Å². The molecule has 0 aliphatic rings. The second-order valence-corrected chi connectivity index (χ2v) is 5.61. The molecule has 0 aromatic heterocycles. The zero-order valence-electron chi connectivity index (χ0n) is 8.36. The maximum Gasteiger partial charge on any atom is 0.198 e. The fourth-order valence-electron chi connectivity index (χ4n) is 1.62. The van der Waals surface area contributed by atoms with Crippen molar-refractivity contribution in [2.45, 2.75) is 51.2 Å². The van der Waals surface area contributed by atoms with Crippen LogP contribution in [0, 0.1) is 0 Å². The van der Waals surface area contributed by atoms with E-state index >= 15 is 0 Å². The fourth-order valence-corrected chi connectivity index (χ4v) is 2.02. The van der Waals surface area contributed by atoms with E-state index in [1.54, 1.807) is 0 Å². The number of hydrogen-bond donors (Lipinski definition) is 2. The van der Waals surface area contributed by atoms with Gasteiger partial charge in [-0.3, -0.25) is 0 Å². The molecule has 66 valence electrons. The summed E-state index contributed by atoms with van der Waals surface area (Å²) < 4.78 is 0.117. The van der Waals surface area contributed by atoms with Crippen molar-refractivity contribution in [3.63, 3.8) is 0 Å². The summed E-state index contributed by atoms with van der Waals surface area (Å²) in [6.45, 7) is 10.9. The van der Waals surface area contributed by atoms with Crippen LogP contribution in [0.25, 0.3) is 0 Å². The van der Waals surface area contributed by atoms with Gasteiger partial charge < -0.3 is 5.23 Å². The quantitative estimate of drug-likeness (QED) is 0.488. The lowest BCUT2D eigenvalue weighted by Crippen LogP contribution is -2.44. The van der Waals surface area contributed by atoms with Gasteiger partial charge in [-0.05, 0) is 20.3 Å². The van der Waals surface area contributed by atoms with Gasteiger partial charge in [0.2, 0.25) is 0 Å². The molecule has 0 spiro atoms. The molecule has 0 radical (unpaired) electrons. The van der Waals surface area contributed by atoms with E-state index in [1.165, 1.54) is 0 Å². The van der Waals surface area contributed by atoms with E-state index in [0.717, 1.165) is 13.8 Å². The van der Waals surface area contributed by atoms with Crippen molar-refractivity contribution in [3.05, 3.63) is 0 Å². The van der Waals surface area contributed by atoms with E-state index < -0.39 is 0 Å². The molecule has 0 heterocycles. The molecule has 0 unspecified atom stereocenters. The lowest BCUT2D eigenvalue weighted by molar-refractivity contribution is 0.392. The third-order valence-corrected chi connectivity index (χ3v) is 1.69. The third kappa shape index (κ3) is 6.76.